The molecule has 124 valence electrons. The van der Waals surface area contributed by atoms with E-state index >= 15 is 0 Å². The van der Waals surface area contributed by atoms with E-state index in [9.17, 15) is 18.3 Å². The van der Waals surface area contributed by atoms with E-state index in [-0.39, 0.29) is 28.3 Å². The quantitative estimate of drug-likeness (QED) is 0.843. The van der Waals surface area contributed by atoms with E-state index in [0.717, 1.165) is 12.8 Å². The molecule has 1 N–H and O–H groups in total. The van der Waals surface area contributed by atoms with E-state index in [4.69, 9.17) is 0 Å². The molecular weight excluding hydrogens is 288 g/mol. The van der Waals surface area contributed by atoms with Gasteiger partial charge in [0.2, 0.25) is 0 Å². The molecule has 0 aromatic rings. The summed E-state index contributed by atoms with van der Waals surface area (Å²) in [5.74, 6) is -0.593. The first kappa shape index (κ1) is 18.5. The van der Waals surface area contributed by atoms with Crippen LogP contribution < -0.4 is 0 Å². The summed E-state index contributed by atoms with van der Waals surface area (Å²) in [6.07, 6.45) is 2.90. The Morgan fingerprint density at radius 3 is 2.24 bits per heavy atom. The van der Waals surface area contributed by atoms with Gasteiger partial charge >= 0.3 is 5.97 Å². The highest BCUT2D eigenvalue weighted by Gasteiger charge is 2.39. The Balaban J connectivity index is 2.79. The standard InChI is InChI=1S/C16H30O4S/c1-11(2)21(19,20)9-8-12-10-13(16(3,4)5)6-7-14(12)15(17)18/h11-14H,6-10H2,1-5H3,(H,17,18). The summed E-state index contributed by atoms with van der Waals surface area (Å²) in [6.45, 7) is 9.91. The Morgan fingerprint density at radius 1 is 1.24 bits per heavy atom. The molecule has 0 aliphatic heterocycles. The van der Waals surface area contributed by atoms with E-state index in [1.807, 2.05) is 0 Å². The molecule has 21 heavy (non-hydrogen) atoms. The number of carboxylic acids is 1. The van der Waals surface area contributed by atoms with Crippen LogP contribution in [0.1, 0.15) is 60.3 Å². The molecule has 3 unspecified atom stereocenters. The average molecular weight is 318 g/mol. The van der Waals surface area contributed by atoms with Crippen molar-refractivity contribution in [3.63, 3.8) is 0 Å². The van der Waals surface area contributed by atoms with Crippen LogP contribution in [-0.4, -0.2) is 30.5 Å². The third-order valence-electron chi connectivity index (χ3n) is 5.02. The normalized spacial score (nSPS) is 27.8. The van der Waals surface area contributed by atoms with Crippen molar-refractivity contribution in [1.82, 2.24) is 0 Å². The summed E-state index contributed by atoms with van der Waals surface area (Å²) >= 11 is 0. The summed E-state index contributed by atoms with van der Waals surface area (Å²) in [6, 6.07) is 0. The van der Waals surface area contributed by atoms with Crippen LogP contribution in [0, 0.1) is 23.2 Å². The van der Waals surface area contributed by atoms with Crippen LogP contribution in [0.5, 0.6) is 0 Å². The number of sulfone groups is 1. The molecular formula is C16H30O4S. The smallest absolute Gasteiger partial charge is 0.306 e. The molecule has 0 bridgehead atoms. The molecule has 1 saturated carbocycles. The van der Waals surface area contributed by atoms with E-state index in [2.05, 4.69) is 20.8 Å². The van der Waals surface area contributed by atoms with Crippen LogP contribution in [0.2, 0.25) is 0 Å². The third-order valence-corrected chi connectivity index (χ3v) is 7.26. The van der Waals surface area contributed by atoms with Crippen LogP contribution in [0.25, 0.3) is 0 Å². The van der Waals surface area contributed by atoms with E-state index in [1.165, 1.54) is 0 Å². The molecule has 0 aromatic carbocycles. The van der Waals surface area contributed by atoms with Gasteiger partial charge in [-0.1, -0.05) is 20.8 Å². The summed E-state index contributed by atoms with van der Waals surface area (Å²) < 4.78 is 24.0. The van der Waals surface area contributed by atoms with Gasteiger partial charge in [0.05, 0.1) is 16.9 Å². The zero-order valence-electron chi connectivity index (χ0n) is 13.9. The van der Waals surface area contributed by atoms with Crippen molar-refractivity contribution in [3.8, 4) is 0 Å². The van der Waals surface area contributed by atoms with Gasteiger partial charge in [0.25, 0.3) is 0 Å². The Hall–Kier alpha value is -0.580. The number of carboxylic acid groups (broad SMARTS) is 1. The minimum Gasteiger partial charge on any atom is -0.481 e. The van der Waals surface area contributed by atoms with Crippen molar-refractivity contribution in [3.05, 3.63) is 0 Å². The average Bonchev–Trinajstić information content (AvgIpc) is 2.34. The number of aliphatic carboxylic acids is 1. The van der Waals surface area contributed by atoms with Crippen LogP contribution in [0.4, 0.5) is 0 Å². The Labute approximate surface area is 129 Å². The van der Waals surface area contributed by atoms with Crippen molar-refractivity contribution < 1.29 is 18.3 Å². The van der Waals surface area contributed by atoms with Gasteiger partial charge in [-0.2, -0.15) is 0 Å². The zero-order chi connectivity index (χ0) is 16.4. The molecule has 0 amide bonds. The highest BCUT2D eigenvalue weighted by molar-refractivity contribution is 7.91. The fourth-order valence-corrected chi connectivity index (χ4v) is 4.35. The van der Waals surface area contributed by atoms with Crippen LogP contribution in [0.15, 0.2) is 0 Å². The molecule has 5 heteroatoms. The molecule has 1 aliphatic carbocycles. The third kappa shape index (κ3) is 4.97. The van der Waals surface area contributed by atoms with Crippen molar-refractivity contribution in [1.29, 1.82) is 0 Å². The first-order valence-corrected chi connectivity index (χ1v) is 9.61. The van der Waals surface area contributed by atoms with Gasteiger partial charge in [-0.15, -0.1) is 0 Å². The molecule has 0 saturated heterocycles. The molecule has 3 atom stereocenters. The number of rotatable bonds is 5. The largest absolute Gasteiger partial charge is 0.481 e. The monoisotopic (exact) mass is 318 g/mol. The molecule has 1 aliphatic rings. The van der Waals surface area contributed by atoms with Crippen molar-refractivity contribution in [2.24, 2.45) is 23.2 Å². The summed E-state index contributed by atoms with van der Waals surface area (Å²) in [5, 5.41) is 9.00. The second-order valence-electron chi connectivity index (χ2n) is 7.79. The van der Waals surface area contributed by atoms with Gasteiger partial charge in [-0.05, 0) is 56.8 Å². The van der Waals surface area contributed by atoms with Gasteiger partial charge in [0.15, 0.2) is 9.84 Å². The second kappa shape index (κ2) is 6.67. The molecule has 4 nitrogen and oxygen atoms in total. The van der Waals surface area contributed by atoms with Gasteiger partial charge in [0, 0.05) is 0 Å². The fourth-order valence-electron chi connectivity index (χ4n) is 3.25. The van der Waals surface area contributed by atoms with Gasteiger partial charge in [-0.3, -0.25) is 4.79 Å². The minimum atomic E-state index is -3.09. The van der Waals surface area contributed by atoms with Crippen molar-refractivity contribution in [2.75, 3.05) is 5.75 Å². The molecule has 1 fully saturated rings. The van der Waals surface area contributed by atoms with Crippen LogP contribution in [0.3, 0.4) is 0 Å². The predicted octanol–water partition coefficient (Wildman–Crippen LogP) is 3.36. The van der Waals surface area contributed by atoms with Crippen LogP contribution >= 0.6 is 0 Å². The zero-order valence-corrected chi connectivity index (χ0v) is 14.7. The maximum Gasteiger partial charge on any atom is 0.306 e. The van der Waals surface area contributed by atoms with Crippen LogP contribution in [-0.2, 0) is 14.6 Å². The summed E-state index contributed by atoms with van der Waals surface area (Å²) in [5.41, 5.74) is 0.151. The second-order valence-corrected chi connectivity index (χ2v) is 10.5. The molecule has 0 heterocycles. The lowest BCUT2D eigenvalue weighted by Crippen LogP contribution is -2.36. The highest BCUT2D eigenvalue weighted by atomic mass is 32.2. The van der Waals surface area contributed by atoms with Gasteiger partial charge in [0.1, 0.15) is 0 Å². The highest BCUT2D eigenvalue weighted by Crippen LogP contribution is 2.44. The fraction of sp³-hybridized carbons (Fsp3) is 0.938. The molecule has 1 rings (SSSR count). The number of carbonyl (C=O) groups is 1. The predicted molar refractivity (Wildman–Crippen MR) is 85.0 cm³/mol. The Morgan fingerprint density at radius 2 is 1.81 bits per heavy atom. The lowest BCUT2D eigenvalue weighted by molar-refractivity contribution is -0.146. The topological polar surface area (TPSA) is 71.4 Å². The van der Waals surface area contributed by atoms with E-state index in [0.29, 0.717) is 18.8 Å². The van der Waals surface area contributed by atoms with Gasteiger partial charge < -0.3 is 5.11 Å². The lowest BCUT2D eigenvalue weighted by atomic mass is 9.65. The summed E-state index contributed by atoms with van der Waals surface area (Å²) in [4.78, 5) is 11.4. The lowest BCUT2D eigenvalue weighted by Gasteiger charge is -2.40. The first-order chi connectivity index (χ1) is 9.45. The van der Waals surface area contributed by atoms with Gasteiger partial charge in [-0.25, -0.2) is 8.42 Å². The molecule has 0 aromatic heterocycles. The Kier molecular flexibility index (Phi) is 5.87. The van der Waals surface area contributed by atoms with Crippen molar-refractivity contribution in [2.45, 2.75) is 65.6 Å². The maximum atomic E-state index is 12.0. The summed E-state index contributed by atoms with van der Waals surface area (Å²) in [7, 11) is -3.09. The molecule has 0 spiro atoms. The first-order valence-electron chi connectivity index (χ1n) is 7.89. The Bertz CT molecular complexity index is 459. The number of hydrogen-bond donors (Lipinski definition) is 1. The number of hydrogen-bond acceptors (Lipinski definition) is 3. The molecule has 0 radical (unpaired) electrons. The van der Waals surface area contributed by atoms with E-state index < -0.39 is 15.8 Å². The van der Waals surface area contributed by atoms with E-state index in [1.54, 1.807) is 13.8 Å². The SMILES string of the molecule is CC(C)S(=O)(=O)CCC1CC(C(C)(C)C)CCC1C(=O)O. The van der Waals surface area contributed by atoms with Crippen molar-refractivity contribution >= 4 is 15.8 Å². The minimum absolute atomic E-state index is 0.0194. The maximum absolute atomic E-state index is 12.0.